The summed E-state index contributed by atoms with van der Waals surface area (Å²) in [5, 5.41) is 10.3. The molecular formula is C17H27N3O6S. The first kappa shape index (κ1) is 23.0. The van der Waals surface area contributed by atoms with Gasteiger partial charge in [-0.05, 0) is 17.7 Å². The van der Waals surface area contributed by atoms with Crippen LogP contribution in [0.1, 0.15) is 22.8 Å². The molecule has 2 rings (SSSR count). The van der Waals surface area contributed by atoms with Gasteiger partial charge in [0.2, 0.25) is 10.0 Å². The first-order valence-electron chi connectivity index (χ1n) is 8.34. The summed E-state index contributed by atoms with van der Waals surface area (Å²) >= 11 is 0. The second-order valence-electron chi connectivity index (χ2n) is 6.36. The van der Waals surface area contributed by atoms with Crippen LogP contribution >= 0.6 is 0 Å². The third-order valence-electron chi connectivity index (χ3n) is 3.95. The van der Waals surface area contributed by atoms with Gasteiger partial charge in [-0.1, -0.05) is 12.1 Å². The van der Waals surface area contributed by atoms with E-state index in [1.807, 2.05) is 0 Å². The molecule has 1 aliphatic rings. The van der Waals surface area contributed by atoms with E-state index in [0.717, 1.165) is 12.5 Å². The van der Waals surface area contributed by atoms with Gasteiger partial charge >= 0.3 is 0 Å². The molecule has 1 saturated heterocycles. The van der Waals surface area contributed by atoms with E-state index in [2.05, 4.69) is 5.32 Å². The Morgan fingerprint density at radius 3 is 2.30 bits per heavy atom. The predicted octanol–water partition coefficient (Wildman–Crippen LogP) is -0.128. The molecule has 27 heavy (non-hydrogen) atoms. The third kappa shape index (κ3) is 7.63. The van der Waals surface area contributed by atoms with E-state index in [1.54, 1.807) is 24.3 Å². The highest BCUT2D eigenvalue weighted by Crippen LogP contribution is 2.18. The average Bonchev–Trinajstić information content (AvgIpc) is 3.00. The molecule has 0 radical (unpaired) electrons. The van der Waals surface area contributed by atoms with Crippen LogP contribution in [0.3, 0.4) is 0 Å². The molecule has 1 aromatic rings. The zero-order chi connectivity index (χ0) is 20.6. The maximum Gasteiger partial charge on any atom is 0.300 e. The monoisotopic (exact) mass is 401 g/mol. The zero-order valence-corrected chi connectivity index (χ0v) is 16.5. The van der Waals surface area contributed by atoms with Gasteiger partial charge in [-0.15, -0.1) is 0 Å². The van der Waals surface area contributed by atoms with Crippen LogP contribution in [-0.2, 0) is 26.1 Å². The molecule has 1 aliphatic heterocycles. The Hall–Kier alpha value is -2.01. The van der Waals surface area contributed by atoms with Gasteiger partial charge < -0.3 is 20.9 Å². The summed E-state index contributed by atoms with van der Waals surface area (Å²) < 4.78 is 30.6. The largest absolute Gasteiger partial charge is 0.481 e. The number of amides is 1. The summed E-state index contributed by atoms with van der Waals surface area (Å²) in [5.41, 5.74) is 6.99. The number of hydrogen-bond acceptors (Lipinski definition) is 6. The maximum absolute atomic E-state index is 12.3. The summed E-state index contributed by atoms with van der Waals surface area (Å²) in [6.45, 7) is 2.15. The summed E-state index contributed by atoms with van der Waals surface area (Å²) in [4.78, 5) is 21.3. The van der Waals surface area contributed by atoms with E-state index in [0.29, 0.717) is 25.3 Å². The van der Waals surface area contributed by atoms with Crippen LogP contribution in [0.5, 0.6) is 0 Å². The molecule has 152 valence electrons. The number of ether oxygens (including phenoxy) is 1. The van der Waals surface area contributed by atoms with Gasteiger partial charge in [0.1, 0.15) is 0 Å². The number of aliphatic carboxylic acids is 1. The molecule has 9 nitrogen and oxygen atoms in total. The second-order valence-corrected chi connectivity index (χ2v) is 8.59. The number of sulfonamides is 1. The number of carboxylic acid groups (broad SMARTS) is 1. The molecule has 1 amide bonds. The predicted molar refractivity (Wildman–Crippen MR) is 101 cm³/mol. The molecule has 0 unspecified atom stereocenters. The number of nitrogens with two attached hydrogens (primary N) is 1. The summed E-state index contributed by atoms with van der Waals surface area (Å²) in [6.07, 6.45) is 0. The van der Waals surface area contributed by atoms with Gasteiger partial charge in [0.15, 0.2) is 0 Å². The van der Waals surface area contributed by atoms with Crippen molar-refractivity contribution < 1.29 is 27.9 Å². The molecule has 0 bridgehead atoms. The number of carbonyl (C=O) groups is 2. The Morgan fingerprint density at radius 2 is 1.81 bits per heavy atom. The van der Waals surface area contributed by atoms with Gasteiger partial charge in [0, 0.05) is 39.0 Å². The molecular weight excluding hydrogens is 374 g/mol. The van der Waals surface area contributed by atoms with E-state index in [1.165, 1.54) is 18.4 Å². The fourth-order valence-corrected chi connectivity index (χ4v) is 3.55. The Morgan fingerprint density at radius 1 is 1.26 bits per heavy atom. The van der Waals surface area contributed by atoms with Crippen LogP contribution in [0, 0.1) is 5.92 Å². The lowest BCUT2D eigenvalue weighted by Crippen LogP contribution is -2.43. The highest BCUT2D eigenvalue weighted by atomic mass is 32.2. The van der Waals surface area contributed by atoms with Crippen molar-refractivity contribution >= 4 is 21.9 Å². The highest BCUT2D eigenvalue weighted by Gasteiger charge is 2.34. The Labute approximate surface area is 159 Å². The number of hydrogen-bond donors (Lipinski definition) is 3. The lowest BCUT2D eigenvalue weighted by atomic mass is 10.1. The Balaban J connectivity index is 0.000000828. The van der Waals surface area contributed by atoms with Crippen molar-refractivity contribution in [2.75, 3.05) is 33.1 Å². The minimum Gasteiger partial charge on any atom is -0.481 e. The molecule has 1 heterocycles. The first-order chi connectivity index (χ1) is 12.6. The average molecular weight is 401 g/mol. The van der Waals surface area contributed by atoms with Crippen molar-refractivity contribution in [3.8, 4) is 0 Å². The number of nitrogens with zero attached hydrogens (tertiary/aromatic N) is 1. The third-order valence-corrected chi connectivity index (χ3v) is 5.91. The molecule has 0 aromatic heterocycles. The molecule has 0 aliphatic carbocycles. The SMILES string of the molecule is CC(=O)O.CN(C)S(=O)(=O)C[C@@H]1COC[C@@H]1NC(=O)c1ccc(CN)cc1. The van der Waals surface area contributed by atoms with Crippen molar-refractivity contribution in [2.45, 2.75) is 19.5 Å². The standard InChI is InChI=1S/C15H23N3O4S.C2H4O2/c1-18(2)23(20,21)10-13-8-22-9-14(13)17-15(19)12-5-3-11(7-16)4-6-12;1-2(3)4/h3-6,13-14H,7-10,16H2,1-2H3,(H,17,19);1H3,(H,3,4)/t13-,14-;/m0./s1. The summed E-state index contributed by atoms with van der Waals surface area (Å²) in [7, 11) is -0.340. The number of nitrogens with one attached hydrogen (secondary N) is 1. The summed E-state index contributed by atoms with van der Waals surface area (Å²) in [6, 6.07) is 6.70. The van der Waals surface area contributed by atoms with E-state index in [9.17, 15) is 13.2 Å². The molecule has 2 atom stereocenters. The van der Waals surface area contributed by atoms with E-state index in [4.69, 9.17) is 20.4 Å². The van der Waals surface area contributed by atoms with Crippen LogP contribution < -0.4 is 11.1 Å². The van der Waals surface area contributed by atoms with Crippen LogP contribution in [-0.4, -0.2) is 68.8 Å². The minimum atomic E-state index is -3.34. The highest BCUT2D eigenvalue weighted by molar-refractivity contribution is 7.89. The maximum atomic E-state index is 12.3. The molecule has 0 saturated carbocycles. The van der Waals surface area contributed by atoms with Crippen molar-refractivity contribution in [2.24, 2.45) is 11.7 Å². The van der Waals surface area contributed by atoms with Crippen molar-refractivity contribution in [3.63, 3.8) is 0 Å². The fraction of sp³-hybridized carbons (Fsp3) is 0.529. The molecule has 1 fully saturated rings. The van der Waals surface area contributed by atoms with Crippen molar-refractivity contribution in [1.29, 1.82) is 0 Å². The van der Waals surface area contributed by atoms with Crippen molar-refractivity contribution in [1.82, 2.24) is 9.62 Å². The van der Waals surface area contributed by atoms with Crippen LogP contribution in [0.15, 0.2) is 24.3 Å². The van der Waals surface area contributed by atoms with Crippen LogP contribution in [0.2, 0.25) is 0 Å². The number of rotatable bonds is 6. The van der Waals surface area contributed by atoms with Gasteiger partial charge in [-0.2, -0.15) is 0 Å². The lowest BCUT2D eigenvalue weighted by Gasteiger charge is -2.21. The molecule has 10 heteroatoms. The van der Waals surface area contributed by atoms with E-state index >= 15 is 0 Å². The van der Waals surface area contributed by atoms with Crippen LogP contribution in [0.4, 0.5) is 0 Å². The number of benzene rings is 1. The van der Waals surface area contributed by atoms with E-state index < -0.39 is 16.0 Å². The van der Waals surface area contributed by atoms with Gasteiger partial charge in [0.05, 0.1) is 25.0 Å². The fourth-order valence-electron chi connectivity index (χ4n) is 2.39. The van der Waals surface area contributed by atoms with Crippen LogP contribution in [0.25, 0.3) is 0 Å². The quantitative estimate of drug-likeness (QED) is 0.603. The molecule has 0 spiro atoms. The minimum absolute atomic E-state index is 0.0446. The topological polar surface area (TPSA) is 139 Å². The number of carbonyl (C=O) groups excluding carboxylic acids is 1. The Bertz CT molecular complexity index is 730. The second kappa shape index (κ2) is 10.4. The van der Waals surface area contributed by atoms with Gasteiger partial charge in [-0.25, -0.2) is 12.7 Å². The first-order valence-corrected chi connectivity index (χ1v) is 9.95. The number of carboxylic acids is 1. The van der Waals surface area contributed by atoms with Gasteiger partial charge in [-0.3, -0.25) is 9.59 Å². The normalized spacial score (nSPS) is 19.3. The lowest BCUT2D eigenvalue weighted by molar-refractivity contribution is -0.134. The summed E-state index contributed by atoms with van der Waals surface area (Å²) in [5.74, 6) is -1.37. The molecule has 4 N–H and O–H groups in total. The van der Waals surface area contributed by atoms with Crippen molar-refractivity contribution in [3.05, 3.63) is 35.4 Å². The Kier molecular flexibility index (Phi) is 8.83. The smallest absolute Gasteiger partial charge is 0.300 e. The van der Waals surface area contributed by atoms with Gasteiger partial charge in [0.25, 0.3) is 11.9 Å². The van der Waals surface area contributed by atoms with E-state index in [-0.39, 0.29) is 23.6 Å². The zero-order valence-electron chi connectivity index (χ0n) is 15.7. The molecule has 1 aromatic carbocycles.